The number of amides is 2. The molecule has 2 rings (SSSR count). The van der Waals surface area contributed by atoms with Crippen LogP contribution in [0.2, 0.25) is 0 Å². The van der Waals surface area contributed by atoms with Crippen LogP contribution in [0.3, 0.4) is 0 Å². The van der Waals surface area contributed by atoms with Crippen LogP contribution in [0.15, 0.2) is 0 Å². The average molecular weight is 310 g/mol. The lowest BCUT2D eigenvalue weighted by molar-refractivity contribution is -0.108. The summed E-state index contributed by atoms with van der Waals surface area (Å²) in [5, 5.41) is 12.6. The summed E-state index contributed by atoms with van der Waals surface area (Å²) in [5.74, 6) is 0.509. The topological polar surface area (TPSA) is 75.2 Å². The van der Waals surface area contributed by atoms with Crippen molar-refractivity contribution in [1.29, 1.82) is 0 Å². The molecule has 0 aliphatic heterocycles. The molecule has 0 atom stereocenters. The number of hydrogen-bond acceptors (Lipinski definition) is 5. The Balaban J connectivity index is 1.92. The molecule has 0 unspecified atom stereocenters. The maximum atomic E-state index is 12.2. The first-order valence-electron chi connectivity index (χ1n) is 7.57. The second kappa shape index (κ2) is 8.07. The Labute approximate surface area is 128 Å². The first-order chi connectivity index (χ1) is 10.2. The number of carbonyl (C=O) groups is 2. The number of aromatic nitrogens is 2. The van der Waals surface area contributed by atoms with E-state index in [2.05, 4.69) is 15.5 Å². The number of aldehydes is 1. The SMILES string of the molecule is CCCN(CCC=O)C(=O)Nc1nnc(C2CCCC2)s1. The van der Waals surface area contributed by atoms with Crippen molar-refractivity contribution in [1.82, 2.24) is 15.1 Å². The summed E-state index contributed by atoms with van der Waals surface area (Å²) in [5.41, 5.74) is 0. The zero-order valence-electron chi connectivity index (χ0n) is 12.4. The lowest BCUT2D eigenvalue weighted by Crippen LogP contribution is -2.36. The molecular weight excluding hydrogens is 288 g/mol. The molecule has 116 valence electrons. The fourth-order valence-corrected chi connectivity index (χ4v) is 3.49. The molecule has 1 N–H and O–H groups in total. The van der Waals surface area contributed by atoms with E-state index < -0.39 is 0 Å². The van der Waals surface area contributed by atoms with Crippen LogP contribution in [0.1, 0.15) is 56.4 Å². The van der Waals surface area contributed by atoms with Crippen LogP contribution in [-0.4, -0.2) is 40.5 Å². The fraction of sp³-hybridized carbons (Fsp3) is 0.714. The Kier molecular flexibility index (Phi) is 6.10. The van der Waals surface area contributed by atoms with E-state index >= 15 is 0 Å². The van der Waals surface area contributed by atoms with Crippen LogP contribution in [-0.2, 0) is 4.79 Å². The molecule has 0 bridgehead atoms. The molecule has 0 radical (unpaired) electrons. The third-order valence-electron chi connectivity index (χ3n) is 3.66. The number of hydrogen-bond donors (Lipinski definition) is 1. The number of anilines is 1. The van der Waals surface area contributed by atoms with E-state index in [0.29, 0.717) is 30.6 Å². The molecule has 1 saturated carbocycles. The van der Waals surface area contributed by atoms with Crippen molar-refractivity contribution in [3.8, 4) is 0 Å². The monoisotopic (exact) mass is 310 g/mol. The van der Waals surface area contributed by atoms with Gasteiger partial charge < -0.3 is 9.69 Å². The van der Waals surface area contributed by atoms with Gasteiger partial charge in [0.25, 0.3) is 0 Å². The number of nitrogens with zero attached hydrogens (tertiary/aromatic N) is 3. The highest BCUT2D eigenvalue weighted by atomic mass is 32.1. The molecule has 1 aromatic rings. The summed E-state index contributed by atoms with van der Waals surface area (Å²) >= 11 is 1.47. The van der Waals surface area contributed by atoms with Crippen molar-refractivity contribution in [3.05, 3.63) is 5.01 Å². The maximum absolute atomic E-state index is 12.2. The third-order valence-corrected chi connectivity index (χ3v) is 4.66. The molecule has 1 heterocycles. The van der Waals surface area contributed by atoms with Crippen LogP contribution in [0, 0.1) is 0 Å². The zero-order valence-corrected chi connectivity index (χ0v) is 13.2. The van der Waals surface area contributed by atoms with E-state index in [1.165, 1.54) is 37.0 Å². The quantitative estimate of drug-likeness (QED) is 0.785. The Hall–Kier alpha value is -1.50. The van der Waals surface area contributed by atoms with Crippen LogP contribution in [0.25, 0.3) is 0 Å². The van der Waals surface area contributed by atoms with Gasteiger partial charge in [0.05, 0.1) is 0 Å². The first kappa shape index (κ1) is 15.9. The largest absolute Gasteiger partial charge is 0.324 e. The molecule has 0 aromatic carbocycles. The Morgan fingerprint density at radius 1 is 1.38 bits per heavy atom. The Morgan fingerprint density at radius 2 is 2.14 bits per heavy atom. The predicted octanol–water partition coefficient (Wildman–Crippen LogP) is 3.03. The van der Waals surface area contributed by atoms with Crippen LogP contribution < -0.4 is 5.32 Å². The van der Waals surface area contributed by atoms with Gasteiger partial charge in [0, 0.05) is 25.4 Å². The second-order valence-electron chi connectivity index (χ2n) is 5.30. The number of rotatable bonds is 7. The van der Waals surface area contributed by atoms with Gasteiger partial charge in [-0.05, 0) is 19.3 Å². The van der Waals surface area contributed by atoms with Gasteiger partial charge in [0.15, 0.2) is 0 Å². The van der Waals surface area contributed by atoms with Crippen molar-refractivity contribution in [2.24, 2.45) is 0 Å². The zero-order chi connectivity index (χ0) is 15.1. The maximum Gasteiger partial charge on any atom is 0.323 e. The number of carbonyl (C=O) groups excluding carboxylic acids is 2. The Bertz CT molecular complexity index is 471. The molecule has 0 spiro atoms. The van der Waals surface area contributed by atoms with Gasteiger partial charge in [-0.1, -0.05) is 31.1 Å². The fourth-order valence-electron chi connectivity index (χ4n) is 2.59. The standard InChI is InChI=1S/C14H22N4O2S/c1-2-8-18(9-5-10-19)14(20)15-13-17-16-12(21-13)11-6-3-4-7-11/h10-11H,2-9H2,1H3,(H,15,17,20). The molecule has 1 aliphatic rings. The average Bonchev–Trinajstić information content (AvgIpc) is 3.13. The molecule has 21 heavy (non-hydrogen) atoms. The summed E-state index contributed by atoms with van der Waals surface area (Å²) in [6.45, 7) is 3.08. The molecular formula is C14H22N4O2S. The smallest absolute Gasteiger partial charge is 0.323 e. The van der Waals surface area contributed by atoms with Gasteiger partial charge in [0.2, 0.25) is 5.13 Å². The van der Waals surface area contributed by atoms with Crippen molar-refractivity contribution in [2.45, 2.75) is 51.4 Å². The van der Waals surface area contributed by atoms with Crippen molar-refractivity contribution >= 4 is 28.8 Å². The normalized spacial score (nSPS) is 15.1. The van der Waals surface area contributed by atoms with E-state index in [4.69, 9.17) is 0 Å². The highest BCUT2D eigenvalue weighted by Gasteiger charge is 2.22. The molecule has 1 aliphatic carbocycles. The number of urea groups is 1. The van der Waals surface area contributed by atoms with E-state index in [-0.39, 0.29) is 6.03 Å². The van der Waals surface area contributed by atoms with Crippen LogP contribution in [0.5, 0.6) is 0 Å². The van der Waals surface area contributed by atoms with Crippen molar-refractivity contribution < 1.29 is 9.59 Å². The lowest BCUT2D eigenvalue weighted by Gasteiger charge is -2.20. The van der Waals surface area contributed by atoms with Gasteiger partial charge in [-0.25, -0.2) is 4.79 Å². The van der Waals surface area contributed by atoms with Gasteiger partial charge in [0.1, 0.15) is 11.3 Å². The predicted molar refractivity (Wildman–Crippen MR) is 82.7 cm³/mol. The molecule has 7 heteroatoms. The lowest BCUT2D eigenvalue weighted by atomic mass is 10.1. The van der Waals surface area contributed by atoms with E-state index in [0.717, 1.165) is 17.7 Å². The summed E-state index contributed by atoms with van der Waals surface area (Å²) in [6.07, 6.45) is 6.89. The third kappa shape index (κ3) is 4.49. The van der Waals surface area contributed by atoms with Gasteiger partial charge in [-0.3, -0.25) is 5.32 Å². The first-order valence-corrected chi connectivity index (χ1v) is 8.39. The molecule has 6 nitrogen and oxygen atoms in total. The number of nitrogens with one attached hydrogen (secondary N) is 1. The van der Waals surface area contributed by atoms with Crippen molar-refractivity contribution in [2.75, 3.05) is 18.4 Å². The Morgan fingerprint density at radius 3 is 2.81 bits per heavy atom. The molecule has 1 fully saturated rings. The second-order valence-corrected chi connectivity index (χ2v) is 6.31. The van der Waals surface area contributed by atoms with Crippen LogP contribution in [0.4, 0.5) is 9.93 Å². The summed E-state index contributed by atoms with van der Waals surface area (Å²) in [6, 6.07) is -0.201. The minimum atomic E-state index is -0.201. The minimum absolute atomic E-state index is 0.201. The van der Waals surface area contributed by atoms with Gasteiger partial charge in [-0.2, -0.15) is 0 Å². The minimum Gasteiger partial charge on any atom is -0.324 e. The summed E-state index contributed by atoms with van der Waals surface area (Å²) in [4.78, 5) is 24.3. The molecule has 0 saturated heterocycles. The summed E-state index contributed by atoms with van der Waals surface area (Å²) in [7, 11) is 0. The summed E-state index contributed by atoms with van der Waals surface area (Å²) < 4.78 is 0. The van der Waals surface area contributed by atoms with E-state index in [9.17, 15) is 9.59 Å². The van der Waals surface area contributed by atoms with Crippen LogP contribution >= 0.6 is 11.3 Å². The van der Waals surface area contributed by atoms with Crippen molar-refractivity contribution in [3.63, 3.8) is 0 Å². The van der Waals surface area contributed by atoms with E-state index in [1.54, 1.807) is 4.90 Å². The molecule has 1 aromatic heterocycles. The highest BCUT2D eigenvalue weighted by molar-refractivity contribution is 7.15. The van der Waals surface area contributed by atoms with Gasteiger partial charge >= 0.3 is 6.03 Å². The van der Waals surface area contributed by atoms with Gasteiger partial charge in [-0.15, -0.1) is 10.2 Å². The van der Waals surface area contributed by atoms with E-state index in [1.807, 2.05) is 6.92 Å². The highest BCUT2D eigenvalue weighted by Crippen LogP contribution is 2.36. The molecule has 2 amide bonds.